The first-order valence-electron chi connectivity index (χ1n) is 5.63. The summed E-state index contributed by atoms with van der Waals surface area (Å²) < 4.78 is 10.3. The highest BCUT2D eigenvalue weighted by Gasteiger charge is 2.09. The lowest BCUT2D eigenvalue weighted by molar-refractivity contribution is 0.199. The largest absolute Gasteiger partial charge is 0.479 e. The molecule has 1 aromatic carbocycles. The summed E-state index contributed by atoms with van der Waals surface area (Å²) in [6.45, 7) is 1.72. The van der Waals surface area contributed by atoms with Gasteiger partial charge in [-0.15, -0.1) is 0 Å². The average molecular weight is 245 g/mol. The Morgan fingerprint density at radius 3 is 2.44 bits per heavy atom. The SMILES string of the molecule is COC(=N)c1ccc(-c2ccc(C(C)O)cc2)o1. The van der Waals surface area contributed by atoms with Crippen molar-refractivity contribution in [3.05, 3.63) is 47.7 Å². The highest BCUT2D eigenvalue weighted by atomic mass is 16.5. The van der Waals surface area contributed by atoms with Crippen LogP contribution >= 0.6 is 0 Å². The summed E-state index contributed by atoms with van der Waals surface area (Å²) in [5.41, 5.74) is 1.75. The van der Waals surface area contributed by atoms with Crippen molar-refractivity contribution in [2.45, 2.75) is 13.0 Å². The van der Waals surface area contributed by atoms with Gasteiger partial charge in [-0.3, -0.25) is 5.41 Å². The van der Waals surface area contributed by atoms with Crippen molar-refractivity contribution < 1.29 is 14.3 Å². The van der Waals surface area contributed by atoms with Crippen LogP contribution in [0.25, 0.3) is 11.3 Å². The van der Waals surface area contributed by atoms with Crippen molar-refractivity contribution in [2.24, 2.45) is 0 Å². The molecule has 0 spiro atoms. The number of aliphatic hydroxyl groups excluding tert-OH is 1. The van der Waals surface area contributed by atoms with Crippen molar-refractivity contribution in [3.8, 4) is 11.3 Å². The molecule has 2 aromatic rings. The summed E-state index contributed by atoms with van der Waals surface area (Å²) in [4.78, 5) is 0. The molecule has 0 aliphatic heterocycles. The molecular weight excluding hydrogens is 230 g/mol. The predicted molar refractivity (Wildman–Crippen MR) is 68.6 cm³/mol. The standard InChI is InChI=1S/C14H15NO3/c1-9(16)10-3-5-11(6-4-10)12-7-8-13(18-12)14(15)17-2/h3-9,15-16H,1-2H3. The van der Waals surface area contributed by atoms with Gasteiger partial charge in [0.05, 0.1) is 13.2 Å². The second kappa shape index (κ2) is 5.06. The van der Waals surface area contributed by atoms with Gasteiger partial charge in [-0.1, -0.05) is 24.3 Å². The molecule has 1 aromatic heterocycles. The van der Waals surface area contributed by atoms with Crippen LogP contribution in [0.3, 0.4) is 0 Å². The molecule has 0 saturated carbocycles. The lowest BCUT2D eigenvalue weighted by atomic mass is 10.1. The van der Waals surface area contributed by atoms with E-state index in [9.17, 15) is 5.11 Å². The van der Waals surface area contributed by atoms with Crippen molar-refractivity contribution in [3.63, 3.8) is 0 Å². The zero-order valence-corrected chi connectivity index (χ0v) is 10.3. The number of ether oxygens (including phenoxy) is 1. The Morgan fingerprint density at radius 1 is 1.22 bits per heavy atom. The van der Waals surface area contributed by atoms with Crippen LogP contribution in [0, 0.1) is 5.41 Å². The molecule has 4 nitrogen and oxygen atoms in total. The van der Waals surface area contributed by atoms with E-state index in [0.717, 1.165) is 11.1 Å². The molecule has 0 saturated heterocycles. The Balaban J connectivity index is 2.26. The maximum absolute atomic E-state index is 9.43. The van der Waals surface area contributed by atoms with Crippen LogP contribution in [-0.2, 0) is 4.74 Å². The first kappa shape index (κ1) is 12.4. The Bertz CT molecular complexity index is 540. The smallest absolute Gasteiger partial charge is 0.249 e. The monoisotopic (exact) mass is 245 g/mol. The fourth-order valence-corrected chi connectivity index (χ4v) is 1.64. The summed E-state index contributed by atoms with van der Waals surface area (Å²) in [6.07, 6.45) is -0.479. The quantitative estimate of drug-likeness (QED) is 0.645. The van der Waals surface area contributed by atoms with Gasteiger partial charge < -0.3 is 14.3 Å². The van der Waals surface area contributed by atoms with Crippen LogP contribution in [0.4, 0.5) is 0 Å². The topological polar surface area (TPSA) is 66.5 Å². The van der Waals surface area contributed by atoms with Crippen molar-refractivity contribution in [2.75, 3.05) is 7.11 Å². The summed E-state index contributed by atoms with van der Waals surface area (Å²) in [7, 11) is 1.43. The molecule has 0 amide bonds. The van der Waals surface area contributed by atoms with Crippen LogP contribution < -0.4 is 0 Å². The van der Waals surface area contributed by atoms with E-state index in [2.05, 4.69) is 0 Å². The molecule has 4 heteroatoms. The van der Waals surface area contributed by atoms with Gasteiger partial charge in [0.1, 0.15) is 5.76 Å². The number of rotatable bonds is 3. The molecule has 94 valence electrons. The molecule has 0 aliphatic rings. The van der Waals surface area contributed by atoms with Crippen LogP contribution in [0.5, 0.6) is 0 Å². The first-order chi connectivity index (χ1) is 8.61. The van der Waals surface area contributed by atoms with E-state index in [4.69, 9.17) is 14.6 Å². The predicted octanol–water partition coefficient (Wildman–Crippen LogP) is 2.97. The number of hydrogen-bond acceptors (Lipinski definition) is 4. The highest BCUT2D eigenvalue weighted by Crippen LogP contribution is 2.24. The maximum atomic E-state index is 9.43. The fraction of sp³-hybridized carbons (Fsp3) is 0.214. The number of aliphatic hydroxyl groups is 1. The minimum atomic E-state index is -0.479. The summed E-state index contributed by atoms with van der Waals surface area (Å²) in [5.74, 6) is 1.07. The van der Waals surface area contributed by atoms with Gasteiger partial charge in [-0.05, 0) is 24.6 Å². The summed E-state index contributed by atoms with van der Waals surface area (Å²) in [6, 6.07) is 10.9. The summed E-state index contributed by atoms with van der Waals surface area (Å²) >= 11 is 0. The molecule has 1 atom stereocenters. The highest BCUT2D eigenvalue weighted by molar-refractivity contribution is 5.89. The third-order valence-corrected chi connectivity index (χ3v) is 2.71. The molecule has 2 rings (SSSR count). The van der Waals surface area contributed by atoms with E-state index in [1.54, 1.807) is 19.1 Å². The molecular formula is C14H15NO3. The van der Waals surface area contributed by atoms with Gasteiger partial charge in [-0.2, -0.15) is 0 Å². The number of benzene rings is 1. The molecule has 0 bridgehead atoms. The van der Waals surface area contributed by atoms with Crippen molar-refractivity contribution in [1.29, 1.82) is 5.41 Å². The van der Waals surface area contributed by atoms with E-state index >= 15 is 0 Å². The zero-order chi connectivity index (χ0) is 13.1. The van der Waals surface area contributed by atoms with Crippen LogP contribution in [-0.4, -0.2) is 18.1 Å². The van der Waals surface area contributed by atoms with Crippen LogP contribution in [0.1, 0.15) is 24.4 Å². The maximum Gasteiger partial charge on any atom is 0.249 e. The number of nitrogens with one attached hydrogen (secondary N) is 1. The molecule has 0 aliphatic carbocycles. The third-order valence-electron chi connectivity index (χ3n) is 2.71. The van der Waals surface area contributed by atoms with E-state index in [1.807, 2.05) is 24.3 Å². The number of methoxy groups -OCH3 is 1. The van der Waals surface area contributed by atoms with Crippen LogP contribution in [0.2, 0.25) is 0 Å². The van der Waals surface area contributed by atoms with E-state index in [-0.39, 0.29) is 5.90 Å². The Kier molecular flexibility index (Phi) is 3.48. The molecule has 0 radical (unpaired) electrons. The van der Waals surface area contributed by atoms with Gasteiger partial charge >= 0.3 is 0 Å². The minimum absolute atomic E-state index is 0.00171. The van der Waals surface area contributed by atoms with E-state index in [0.29, 0.717) is 11.5 Å². The fourth-order valence-electron chi connectivity index (χ4n) is 1.64. The van der Waals surface area contributed by atoms with Gasteiger partial charge in [0.25, 0.3) is 0 Å². The Labute approximate surface area is 105 Å². The average Bonchev–Trinajstić information content (AvgIpc) is 2.87. The number of furan rings is 1. The van der Waals surface area contributed by atoms with Gasteiger partial charge in [0.2, 0.25) is 5.90 Å². The van der Waals surface area contributed by atoms with E-state index < -0.39 is 6.10 Å². The van der Waals surface area contributed by atoms with Gasteiger partial charge in [0, 0.05) is 5.56 Å². The number of hydrogen-bond donors (Lipinski definition) is 2. The van der Waals surface area contributed by atoms with Gasteiger partial charge in [-0.25, -0.2) is 0 Å². The lowest BCUT2D eigenvalue weighted by Crippen LogP contribution is -1.98. The molecule has 1 heterocycles. The second-order valence-electron chi connectivity index (χ2n) is 4.00. The van der Waals surface area contributed by atoms with Crippen LogP contribution in [0.15, 0.2) is 40.8 Å². The minimum Gasteiger partial charge on any atom is -0.479 e. The Morgan fingerprint density at radius 2 is 1.89 bits per heavy atom. The first-order valence-corrected chi connectivity index (χ1v) is 5.63. The zero-order valence-electron chi connectivity index (χ0n) is 10.3. The normalized spacial score (nSPS) is 12.2. The van der Waals surface area contributed by atoms with Crippen molar-refractivity contribution in [1.82, 2.24) is 0 Å². The Hall–Kier alpha value is -2.07. The van der Waals surface area contributed by atoms with Crippen molar-refractivity contribution >= 4 is 5.90 Å². The molecule has 2 N–H and O–H groups in total. The van der Waals surface area contributed by atoms with Gasteiger partial charge in [0.15, 0.2) is 5.76 Å². The molecule has 0 fully saturated rings. The second-order valence-corrected chi connectivity index (χ2v) is 4.00. The molecule has 18 heavy (non-hydrogen) atoms. The molecule has 1 unspecified atom stereocenters. The lowest BCUT2D eigenvalue weighted by Gasteiger charge is -2.04. The summed E-state index contributed by atoms with van der Waals surface area (Å²) in [5, 5.41) is 16.9. The third kappa shape index (κ3) is 2.43. The van der Waals surface area contributed by atoms with E-state index in [1.165, 1.54) is 7.11 Å².